The van der Waals surface area contributed by atoms with E-state index < -0.39 is 0 Å². The quantitative estimate of drug-likeness (QED) is 0.414. The monoisotopic (exact) mass is 440 g/mol. The van der Waals surface area contributed by atoms with Gasteiger partial charge in [0.15, 0.2) is 0 Å². The maximum absolute atomic E-state index is 12.9. The fourth-order valence-corrected chi connectivity index (χ4v) is 6.01. The van der Waals surface area contributed by atoms with Crippen molar-refractivity contribution in [2.24, 2.45) is 0 Å². The van der Waals surface area contributed by atoms with Crippen LogP contribution in [0, 0.1) is 0 Å². The fraction of sp³-hybridized carbons (Fsp3) is 0.364. The van der Waals surface area contributed by atoms with Gasteiger partial charge in [-0.15, -0.1) is 11.3 Å². The van der Waals surface area contributed by atoms with Gasteiger partial charge >= 0.3 is 0 Å². The Hall–Kier alpha value is -2.45. The molecule has 8 heteroatoms. The van der Waals surface area contributed by atoms with E-state index in [9.17, 15) is 9.59 Å². The maximum atomic E-state index is 12.9. The van der Waals surface area contributed by atoms with Crippen LogP contribution in [0.1, 0.15) is 43.6 Å². The van der Waals surface area contributed by atoms with Crippen LogP contribution in [0.4, 0.5) is 11.4 Å². The molecule has 6 nitrogen and oxygen atoms in total. The number of nitrogens with zero attached hydrogens (tertiary/aromatic N) is 2. The highest BCUT2D eigenvalue weighted by molar-refractivity contribution is 8.00. The van der Waals surface area contributed by atoms with Gasteiger partial charge in [-0.3, -0.25) is 9.59 Å². The Kier molecular flexibility index (Phi) is 6.34. The number of benzene rings is 1. The van der Waals surface area contributed by atoms with Gasteiger partial charge in [0.25, 0.3) is 0 Å². The standard InChI is InChI=1S/C22H24N4O2S2/c1-3-17(20(28)26-15-10-8-14(9-11-15)25-13(2)27)29-21-19-16-6-4-5-7-18(16)30-22(19)24-12-23-21/h8-12,17H,3-7H2,1-2H3,(H,25,27)(H,26,28). The van der Waals surface area contributed by atoms with E-state index in [2.05, 4.69) is 20.6 Å². The highest BCUT2D eigenvalue weighted by Gasteiger charge is 2.24. The third kappa shape index (κ3) is 4.49. The molecule has 2 aromatic heterocycles. The lowest BCUT2D eigenvalue weighted by molar-refractivity contribution is -0.116. The lowest BCUT2D eigenvalue weighted by Crippen LogP contribution is -2.24. The molecule has 1 aliphatic rings. The van der Waals surface area contributed by atoms with Gasteiger partial charge in [0.2, 0.25) is 11.8 Å². The van der Waals surface area contributed by atoms with Crippen molar-refractivity contribution < 1.29 is 9.59 Å². The van der Waals surface area contributed by atoms with Crippen LogP contribution < -0.4 is 10.6 Å². The molecule has 3 aromatic rings. The van der Waals surface area contributed by atoms with Gasteiger partial charge in [-0.2, -0.15) is 0 Å². The SMILES string of the molecule is CCC(Sc1ncnc2sc3c(c12)CCCC3)C(=O)Nc1ccc(NC(C)=O)cc1. The second-order valence-corrected chi connectivity index (χ2v) is 9.61. The van der Waals surface area contributed by atoms with Crippen molar-refractivity contribution in [3.63, 3.8) is 0 Å². The molecule has 2 amide bonds. The van der Waals surface area contributed by atoms with Gasteiger partial charge in [-0.1, -0.05) is 18.7 Å². The van der Waals surface area contributed by atoms with Crippen LogP contribution in [-0.2, 0) is 22.4 Å². The summed E-state index contributed by atoms with van der Waals surface area (Å²) in [6.07, 6.45) is 6.92. The molecule has 156 valence electrons. The summed E-state index contributed by atoms with van der Waals surface area (Å²) in [7, 11) is 0. The Bertz CT molecular complexity index is 1080. The molecule has 1 atom stereocenters. The van der Waals surface area contributed by atoms with Crippen molar-refractivity contribution in [3.8, 4) is 0 Å². The molecule has 4 rings (SSSR count). The van der Waals surface area contributed by atoms with Gasteiger partial charge in [0.1, 0.15) is 16.2 Å². The molecule has 0 bridgehead atoms. The average Bonchev–Trinajstić information content (AvgIpc) is 3.12. The van der Waals surface area contributed by atoms with Gasteiger partial charge in [0.05, 0.1) is 5.25 Å². The van der Waals surface area contributed by atoms with E-state index in [0.29, 0.717) is 17.8 Å². The van der Waals surface area contributed by atoms with Crippen molar-refractivity contribution in [3.05, 3.63) is 41.0 Å². The van der Waals surface area contributed by atoms with Crippen LogP contribution in [0.3, 0.4) is 0 Å². The Morgan fingerprint density at radius 1 is 1.10 bits per heavy atom. The fourth-order valence-electron chi connectivity index (χ4n) is 3.67. The van der Waals surface area contributed by atoms with Crippen LogP contribution in [0.25, 0.3) is 10.2 Å². The molecule has 1 aromatic carbocycles. The first-order valence-electron chi connectivity index (χ1n) is 10.2. The van der Waals surface area contributed by atoms with Crippen LogP contribution >= 0.6 is 23.1 Å². The van der Waals surface area contributed by atoms with Crippen LogP contribution in [0.15, 0.2) is 35.6 Å². The van der Waals surface area contributed by atoms with E-state index in [1.165, 1.54) is 42.0 Å². The third-order valence-electron chi connectivity index (χ3n) is 5.11. The summed E-state index contributed by atoms with van der Waals surface area (Å²) in [5.41, 5.74) is 2.79. The van der Waals surface area contributed by atoms with Gasteiger partial charge in [-0.25, -0.2) is 9.97 Å². The van der Waals surface area contributed by atoms with Crippen molar-refractivity contribution in [1.82, 2.24) is 9.97 Å². The first-order valence-corrected chi connectivity index (χ1v) is 11.8. The number of anilines is 2. The highest BCUT2D eigenvalue weighted by atomic mass is 32.2. The smallest absolute Gasteiger partial charge is 0.237 e. The summed E-state index contributed by atoms with van der Waals surface area (Å²) in [6, 6.07) is 7.13. The zero-order chi connectivity index (χ0) is 21.1. The van der Waals surface area contributed by atoms with Crippen molar-refractivity contribution in [1.29, 1.82) is 0 Å². The Morgan fingerprint density at radius 3 is 2.50 bits per heavy atom. The summed E-state index contributed by atoms with van der Waals surface area (Å²) in [4.78, 5) is 35.6. The summed E-state index contributed by atoms with van der Waals surface area (Å²) in [5.74, 6) is -0.174. The molecule has 0 radical (unpaired) electrons. The largest absolute Gasteiger partial charge is 0.326 e. The Morgan fingerprint density at radius 2 is 1.80 bits per heavy atom. The topological polar surface area (TPSA) is 84.0 Å². The molecular formula is C22H24N4O2S2. The Balaban J connectivity index is 1.51. The van der Waals surface area contributed by atoms with Gasteiger partial charge < -0.3 is 10.6 Å². The normalized spacial score (nSPS) is 14.2. The number of amides is 2. The van der Waals surface area contributed by atoms with E-state index >= 15 is 0 Å². The summed E-state index contributed by atoms with van der Waals surface area (Å²) >= 11 is 3.29. The van der Waals surface area contributed by atoms with E-state index in [4.69, 9.17) is 0 Å². The molecule has 0 spiro atoms. The van der Waals surface area contributed by atoms with Crippen molar-refractivity contribution in [2.45, 2.75) is 56.2 Å². The van der Waals surface area contributed by atoms with E-state index in [-0.39, 0.29) is 17.1 Å². The molecule has 1 aliphatic carbocycles. The summed E-state index contributed by atoms with van der Waals surface area (Å²) in [5, 5.41) is 7.51. The Labute approximate surface area is 183 Å². The zero-order valence-corrected chi connectivity index (χ0v) is 18.7. The number of hydrogen-bond acceptors (Lipinski definition) is 6. The number of thioether (sulfide) groups is 1. The molecule has 0 saturated heterocycles. The lowest BCUT2D eigenvalue weighted by atomic mass is 9.97. The number of carbonyl (C=O) groups is 2. The van der Waals surface area contributed by atoms with Crippen molar-refractivity contribution in [2.75, 3.05) is 10.6 Å². The van der Waals surface area contributed by atoms with Crippen molar-refractivity contribution >= 4 is 56.5 Å². The minimum absolute atomic E-state index is 0.0503. The van der Waals surface area contributed by atoms with Gasteiger partial charge in [-0.05, 0) is 61.9 Å². The zero-order valence-electron chi connectivity index (χ0n) is 17.0. The van der Waals surface area contributed by atoms with Crippen LogP contribution in [0.5, 0.6) is 0 Å². The second kappa shape index (κ2) is 9.14. The molecular weight excluding hydrogens is 416 g/mol. The van der Waals surface area contributed by atoms with Crippen LogP contribution in [-0.4, -0.2) is 27.0 Å². The number of hydrogen-bond donors (Lipinski definition) is 2. The molecule has 2 N–H and O–H groups in total. The van der Waals surface area contributed by atoms with E-state index in [1.807, 2.05) is 6.92 Å². The first kappa shape index (κ1) is 20.8. The highest BCUT2D eigenvalue weighted by Crippen LogP contribution is 2.40. The number of rotatable bonds is 6. The van der Waals surface area contributed by atoms with Gasteiger partial charge in [0, 0.05) is 28.6 Å². The first-order chi connectivity index (χ1) is 14.5. The molecule has 2 heterocycles. The van der Waals surface area contributed by atoms with E-state index in [1.54, 1.807) is 41.9 Å². The minimum Gasteiger partial charge on any atom is -0.326 e. The molecule has 1 unspecified atom stereocenters. The number of fused-ring (bicyclic) bond motifs is 3. The predicted molar refractivity (Wildman–Crippen MR) is 123 cm³/mol. The maximum Gasteiger partial charge on any atom is 0.237 e. The van der Waals surface area contributed by atoms with Crippen LogP contribution in [0.2, 0.25) is 0 Å². The third-order valence-corrected chi connectivity index (χ3v) is 7.67. The molecule has 30 heavy (non-hydrogen) atoms. The molecule has 0 saturated carbocycles. The minimum atomic E-state index is -0.253. The number of aryl methyl sites for hydroxylation is 2. The summed E-state index contributed by atoms with van der Waals surface area (Å²) in [6.45, 7) is 3.48. The number of thiophene rings is 1. The average molecular weight is 441 g/mol. The summed E-state index contributed by atoms with van der Waals surface area (Å²) < 4.78 is 0. The second-order valence-electron chi connectivity index (χ2n) is 7.33. The number of aromatic nitrogens is 2. The number of carbonyl (C=O) groups excluding carboxylic acids is 2. The predicted octanol–water partition coefficient (Wildman–Crippen LogP) is 5.04. The van der Waals surface area contributed by atoms with E-state index in [0.717, 1.165) is 28.1 Å². The number of nitrogens with one attached hydrogen (secondary N) is 2. The lowest BCUT2D eigenvalue weighted by Gasteiger charge is -2.16. The molecule has 0 fully saturated rings. The molecule has 0 aliphatic heterocycles.